The van der Waals surface area contributed by atoms with Gasteiger partial charge in [-0.15, -0.1) is 0 Å². The molecule has 1 radical (unpaired) electrons. The van der Waals surface area contributed by atoms with Crippen LogP contribution in [-0.2, 0) is 4.79 Å². The molecule has 1 heteroatoms. The molecule has 0 aliphatic rings. The Morgan fingerprint density at radius 1 is 0.722 bits per heavy atom. The Labute approximate surface area is 115 Å². The van der Waals surface area contributed by atoms with E-state index in [1.54, 1.807) is 0 Å². The predicted octanol–water partition coefficient (Wildman–Crippen LogP) is 5.82. The smallest absolute Gasteiger partial charge is 0.198 e. The normalized spacial score (nSPS) is 12.6. The summed E-state index contributed by atoms with van der Waals surface area (Å²) in [5.41, 5.74) is 0. The van der Waals surface area contributed by atoms with E-state index in [2.05, 4.69) is 20.1 Å². The van der Waals surface area contributed by atoms with Crippen LogP contribution in [0.5, 0.6) is 0 Å². The average Bonchev–Trinajstić information content (AvgIpc) is 2.37. The number of rotatable bonds is 14. The largest absolute Gasteiger partial charge is 0.291 e. The summed E-state index contributed by atoms with van der Waals surface area (Å²) in [5.74, 6) is 0.608. The maximum Gasteiger partial charge on any atom is 0.198 e. The van der Waals surface area contributed by atoms with Gasteiger partial charge in [0.05, 0.1) is 0 Å². The van der Waals surface area contributed by atoms with Gasteiger partial charge in [0, 0.05) is 6.42 Å². The lowest BCUT2D eigenvalue weighted by Crippen LogP contribution is -2.00. The van der Waals surface area contributed by atoms with Crippen molar-refractivity contribution in [3.8, 4) is 0 Å². The van der Waals surface area contributed by atoms with Gasteiger partial charge in [-0.1, -0.05) is 90.9 Å². The number of hydrogen-bond donors (Lipinski definition) is 0. The van der Waals surface area contributed by atoms with Gasteiger partial charge >= 0.3 is 0 Å². The topological polar surface area (TPSA) is 17.1 Å². The first kappa shape index (κ1) is 17.7. The van der Waals surface area contributed by atoms with E-state index in [4.69, 9.17) is 0 Å². The van der Waals surface area contributed by atoms with Gasteiger partial charge in [-0.25, -0.2) is 0 Å². The monoisotopic (exact) mass is 253 g/mol. The molecule has 0 N–H and O–H groups in total. The molecule has 1 nitrogen and oxygen atoms in total. The maximum atomic E-state index is 10.4. The average molecular weight is 253 g/mol. The van der Waals surface area contributed by atoms with Crippen molar-refractivity contribution < 1.29 is 4.79 Å². The van der Waals surface area contributed by atoms with Gasteiger partial charge in [0.2, 0.25) is 0 Å². The predicted molar refractivity (Wildman–Crippen MR) is 80.6 cm³/mol. The molecule has 0 fully saturated rings. The minimum atomic E-state index is 0.608. The second-order valence-electron chi connectivity index (χ2n) is 5.62. The molecule has 0 aliphatic heterocycles. The van der Waals surface area contributed by atoms with Crippen LogP contribution in [0.15, 0.2) is 0 Å². The summed E-state index contributed by atoms with van der Waals surface area (Å²) in [6.07, 6.45) is 18.8. The second-order valence-corrected chi connectivity index (χ2v) is 5.62. The molecule has 0 saturated carbocycles. The molecule has 18 heavy (non-hydrogen) atoms. The Morgan fingerprint density at radius 3 is 1.78 bits per heavy atom. The molecule has 0 aromatic heterocycles. The van der Waals surface area contributed by atoms with Crippen LogP contribution >= 0.6 is 0 Å². The van der Waals surface area contributed by atoms with E-state index in [1.807, 2.05) is 0 Å². The van der Waals surface area contributed by atoms with Crippen LogP contribution in [0, 0.1) is 5.92 Å². The minimum absolute atomic E-state index is 0.608. The molecule has 0 aromatic carbocycles. The third kappa shape index (κ3) is 12.1. The van der Waals surface area contributed by atoms with E-state index in [1.165, 1.54) is 77.0 Å². The molecular formula is C17H33O. The van der Waals surface area contributed by atoms with Crippen molar-refractivity contribution >= 4 is 6.29 Å². The second kappa shape index (κ2) is 14.7. The fourth-order valence-electron chi connectivity index (χ4n) is 2.62. The zero-order valence-corrected chi connectivity index (χ0v) is 12.7. The lowest BCUT2D eigenvalue weighted by molar-refractivity contribution is 0.420. The Balaban J connectivity index is 3.24. The molecule has 0 aromatic rings. The molecule has 0 bridgehead atoms. The van der Waals surface area contributed by atoms with Crippen molar-refractivity contribution in [2.75, 3.05) is 0 Å². The first-order valence-electron chi connectivity index (χ1n) is 8.20. The lowest BCUT2D eigenvalue weighted by Gasteiger charge is -2.12. The SMILES string of the molecule is CCCCCCCCCCCC(C[C]=O)CCC. The number of carbonyl (C=O) groups excluding carboxylic acids is 1. The third-order valence-electron chi connectivity index (χ3n) is 3.78. The summed E-state index contributed by atoms with van der Waals surface area (Å²) in [6, 6.07) is 0. The summed E-state index contributed by atoms with van der Waals surface area (Å²) in [6.45, 7) is 4.47. The molecule has 107 valence electrons. The van der Waals surface area contributed by atoms with Crippen molar-refractivity contribution in [2.45, 2.75) is 97.3 Å². The van der Waals surface area contributed by atoms with Crippen LogP contribution in [0.2, 0.25) is 0 Å². The molecular weight excluding hydrogens is 220 g/mol. The van der Waals surface area contributed by atoms with E-state index >= 15 is 0 Å². The standard InChI is InChI=1S/C17H33O/c1-3-5-6-7-8-9-10-11-12-14-17(13-4-2)15-16-18/h17H,3-15H2,1-2H3. The van der Waals surface area contributed by atoms with E-state index < -0.39 is 0 Å². The minimum Gasteiger partial charge on any atom is -0.291 e. The summed E-state index contributed by atoms with van der Waals surface area (Å²) in [7, 11) is 0. The molecule has 0 saturated heterocycles. The van der Waals surface area contributed by atoms with Crippen LogP contribution in [-0.4, -0.2) is 6.29 Å². The van der Waals surface area contributed by atoms with Gasteiger partial charge in [0.25, 0.3) is 0 Å². The Hall–Kier alpha value is -0.330. The van der Waals surface area contributed by atoms with Crippen molar-refractivity contribution in [1.29, 1.82) is 0 Å². The fourth-order valence-corrected chi connectivity index (χ4v) is 2.62. The zero-order chi connectivity index (χ0) is 13.5. The van der Waals surface area contributed by atoms with Crippen LogP contribution in [0.25, 0.3) is 0 Å². The van der Waals surface area contributed by atoms with Crippen molar-refractivity contribution in [2.24, 2.45) is 5.92 Å². The molecule has 0 rings (SSSR count). The fraction of sp³-hybridized carbons (Fsp3) is 0.941. The van der Waals surface area contributed by atoms with E-state index in [-0.39, 0.29) is 0 Å². The number of unbranched alkanes of at least 4 members (excludes halogenated alkanes) is 8. The summed E-state index contributed by atoms with van der Waals surface area (Å²) in [4.78, 5) is 10.4. The third-order valence-corrected chi connectivity index (χ3v) is 3.78. The van der Waals surface area contributed by atoms with Gasteiger partial charge < -0.3 is 0 Å². The van der Waals surface area contributed by atoms with E-state index in [9.17, 15) is 4.79 Å². The van der Waals surface area contributed by atoms with Gasteiger partial charge in [-0.05, 0) is 5.92 Å². The van der Waals surface area contributed by atoms with Gasteiger partial charge in [-0.3, -0.25) is 4.79 Å². The van der Waals surface area contributed by atoms with Crippen LogP contribution in [0.4, 0.5) is 0 Å². The molecule has 1 unspecified atom stereocenters. The Kier molecular flexibility index (Phi) is 14.5. The van der Waals surface area contributed by atoms with Gasteiger partial charge in [0.15, 0.2) is 6.29 Å². The molecule has 0 heterocycles. The molecule has 0 spiro atoms. The molecule has 1 atom stereocenters. The first-order chi connectivity index (χ1) is 8.85. The van der Waals surface area contributed by atoms with Crippen molar-refractivity contribution in [3.63, 3.8) is 0 Å². The first-order valence-corrected chi connectivity index (χ1v) is 8.20. The number of hydrogen-bond acceptors (Lipinski definition) is 1. The Morgan fingerprint density at radius 2 is 1.28 bits per heavy atom. The van der Waals surface area contributed by atoms with Crippen molar-refractivity contribution in [3.05, 3.63) is 0 Å². The van der Waals surface area contributed by atoms with Gasteiger partial charge in [-0.2, -0.15) is 0 Å². The highest BCUT2D eigenvalue weighted by Crippen LogP contribution is 2.19. The van der Waals surface area contributed by atoms with Crippen LogP contribution < -0.4 is 0 Å². The highest BCUT2D eigenvalue weighted by molar-refractivity contribution is 5.50. The van der Waals surface area contributed by atoms with E-state index in [0.29, 0.717) is 12.3 Å². The zero-order valence-electron chi connectivity index (χ0n) is 12.7. The van der Waals surface area contributed by atoms with Crippen LogP contribution in [0.3, 0.4) is 0 Å². The quantitative estimate of drug-likeness (QED) is 0.356. The summed E-state index contributed by atoms with van der Waals surface area (Å²) in [5, 5.41) is 0. The van der Waals surface area contributed by atoms with E-state index in [0.717, 1.165) is 0 Å². The van der Waals surface area contributed by atoms with Gasteiger partial charge in [0.1, 0.15) is 0 Å². The molecule has 0 aliphatic carbocycles. The van der Waals surface area contributed by atoms with Crippen molar-refractivity contribution in [1.82, 2.24) is 0 Å². The highest BCUT2D eigenvalue weighted by atomic mass is 16.1. The Bertz CT molecular complexity index is 165. The van der Waals surface area contributed by atoms with Crippen LogP contribution in [0.1, 0.15) is 97.3 Å². The molecule has 0 amide bonds. The maximum absolute atomic E-state index is 10.4. The summed E-state index contributed by atoms with van der Waals surface area (Å²) >= 11 is 0. The lowest BCUT2D eigenvalue weighted by atomic mass is 9.93. The summed E-state index contributed by atoms with van der Waals surface area (Å²) < 4.78 is 0. The highest BCUT2D eigenvalue weighted by Gasteiger charge is 2.06.